The molecule has 33 heavy (non-hydrogen) atoms. The third-order valence-electron chi connectivity index (χ3n) is 6.32. The minimum atomic E-state index is -2.83. The second-order valence-corrected chi connectivity index (χ2v) is 11.7. The van der Waals surface area contributed by atoms with E-state index in [1.165, 1.54) is 0 Å². The number of hydrogen-bond acceptors (Lipinski definition) is 5. The molecule has 0 aromatic heterocycles. The highest BCUT2D eigenvalue weighted by atomic mass is 28.4. The molecule has 4 atom stereocenters. The van der Waals surface area contributed by atoms with Crippen molar-refractivity contribution in [1.29, 1.82) is 0 Å². The van der Waals surface area contributed by atoms with Crippen LogP contribution in [0.5, 0.6) is 0 Å². The van der Waals surface area contributed by atoms with Crippen LogP contribution in [-0.4, -0.2) is 52.7 Å². The van der Waals surface area contributed by atoms with Gasteiger partial charge >= 0.3 is 6.09 Å². The predicted octanol–water partition coefficient (Wildman–Crippen LogP) is 1.91. The van der Waals surface area contributed by atoms with Crippen LogP contribution < -0.4 is 20.9 Å². The van der Waals surface area contributed by atoms with Crippen molar-refractivity contribution < 1.29 is 23.4 Å². The van der Waals surface area contributed by atoms with E-state index >= 15 is 0 Å². The fraction of sp³-hybridized carbons (Fsp3) is 0.269. The SMILES string of the molecule is CO[C@@H]1O[C@H](CO[Si](c2ccccc2)(c2ccccc2)c2ccccc2)C[C@H]2OC(=O)N[C@@H]12. The average molecular weight is 462 g/mol. The van der Waals surface area contributed by atoms with Crippen LogP contribution >= 0.6 is 0 Å². The fourth-order valence-electron chi connectivity index (χ4n) is 4.80. The summed E-state index contributed by atoms with van der Waals surface area (Å²) in [5.41, 5.74) is 0. The molecule has 2 aliphatic rings. The molecule has 5 rings (SSSR count). The highest BCUT2D eigenvalue weighted by molar-refractivity contribution is 7.07. The lowest BCUT2D eigenvalue weighted by atomic mass is 10.0. The Morgan fingerprint density at radius 3 is 1.88 bits per heavy atom. The van der Waals surface area contributed by atoms with Crippen LogP contribution in [0.4, 0.5) is 4.79 Å². The third kappa shape index (κ3) is 4.20. The highest BCUT2D eigenvalue weighted by Crippen LogP contribution is 2.28. The number of carbonyl (C=O) groups is 1. The molecule has 1 amide bonds. The summed E-state index contributed by atoms with van der Waals surface area (Å²) in [6, 6.07) is 30.9. The van der Waals surface area contributed by atoms with Gasteiger partial charge in [0.15, 0.2) is 6.29 Å². The number of hydrogen-bond donors (Lipinski definition) is 1. The molecular formula is C26H27NO5Si. The summed E-state index contributed by atoms with van der Waals surface area (Å²) in [4.78, 5) is 11.8. The van der Waals surface area contributed by atoms with E-state index < -0.39 is 20.7 Å². The molecule has 6 nitrogen and oxygen atoms in total. The van der Waals surface area contributed by atoms with Gasteiger partial charge in [-0.1, -0.05) is 91.0 Å². The first-order valence-corrected chi connectivity index (χ1v) is 13.1. The van der Waals surface area contributed by atoms with Crippen molar-refractivity contribution in [3.8, 4) is 0 Å². The van der Waals surface area contributed by atoms with Gasteiger partial charge in [-0.15, -0.1) is 0 Å². The van der Waals surface area contributed by atoms with E-state index in [0.29, 0.717) is 13.0 Å². The molecule has 2 heterocycles. The molecule has 0 unspecified atom stereocenters. The van der Waals surface area contributed by atoms with E-state index in [2.05, 4.69) is 78.1 Å². The van der Waals surface area contributed by atoms with Crippen molar-refractivity contribution in [2.45, 2.75) is 31.0 Å². The molecule has 0 aliphatic carbocycles. The van der Waals surface area contributed by atoms with Gasteiger partial charge in [0.25, 0.3) is 8.32 Å². The lowest BCUT2D eigenvalue weighted by molar-refractivity contribution is -0.212. The zero-order chi connectivity index (χ0) is 22.7. The van der Waals surface area contributed by atoms with Crippen LogP contribution in [0, 0.1) is 0 Å². The summed E-state index contributed by atoms with van der Waals surface area (Å²) in [5.74, 6) is 0. The van der Waals surface area contributed by atoms with Gasteiger partial charge in [-0.3, -0.25) is 0 Å². The second kappa shape index (κ2) is 9.49. The third-order valence-corrected chi connectivity index (χ3v) is 10.4. The molecule has 3 aromatic rings. The van der Waals surface area contributed by atoms with E-state index in [1.807, 2.05) is 18.2 Å². The monoisotopic (exact) mass is 461 g/mol. The number of amides is 1. The smallest absolute Gasteiger partial charge is 0.408 e. The highest BCUT2D eigenvalue weighted by Gasteiger charge is 2.48. The zero-order valence-electron chi connectivity index (χ0n) is 18.4. The maximum absolute atomic E-state index is 11.8. The van der Waals surface area contributed by atoms with E-state index in [9.17, 15) is 4.79 Å². The van der Waals surface area contributed by atoms with Crippen molar-refractivity contribution in [2.75, 3.05) is 13.7 Å². The minimum Gasteiger partial charge on any atom is -0.444 e. The number of rotatable bonds is 7. The van der Waals surface area contributed by atoms with Crippen LogP contribution in [-0.2, 0) is 18.6 Å². The summed E-state index contributed by atoms with van der Waals surface area (Å²) >= 11 is 0. The molecule has 7 heteroatoms. The van der Waals surface area contributed by atoms with Gasteiger partial charge in [-0.05, 0) is 15.6 Å². The molecule has 0 bridgehead atoms. The van der Waals surface area contributed by atoms with Crippen molar-refractivity contribution in [2.24, 2.45) is 0 Å². The molecule has 0 radical (unpaired) electrons. The maximum atomic E-state index is 11.8. The van der Waals surface area contributed by atoms with Gasteiger partial charge in [0.2, 0.25) is 0 Å². The standard InChI is InChI=1S/C26H27NO5Si/c1-29-25-24-23(32-26(28)27-24)17-19(31-25)18-30-33(20-11-5-2-6-12-20,21-13-7-3-8-14-21)22-15-9-4-10-16-22/h2-16,19,23-25H,17-18H2,1H3,(H,27,28)/t19-,23+,24+,25+/m0/s1. The number of ether oxygens (including phenoxy) is 3. The van der Waals surface area contributed by atoms with Crippen molar-refractivity contribution in [1.82, 2.24) is 5.32 Å². The van der Waals surface area contributed by atoms with Crippen LogP contribution in [0.15, 0.2) is 91.0 Å². The van der Waals surface area contributed by atoms with Gasteiger partial charge in [0, 0.05) is 13.5 Å². The molecule has 170 valence electrons. The zero-order valence-corrected chi connectivity index (χ0v) is 19.4. The van der Waals surface area contributed by atoms with Crippen LogP contribution in [0.3, 0.4) is 0 Å². The van der Waals surface area contributed by atoms with Gasteiger partial charge in [-0.25, -0.2) is 4.79 Å². The quantitative estimate of drug-likeness (QED) is 0.430. The summed E-state index contributed by atoms with van der Waals surface area (Å²) in [6.45, 7) is 0.353. The number of alkyl carbamates (subject to hydrolysis) is 1. The van der Waals surface area contributed by atoms with E-state index in [0.717, 1.165) is 15.6 Å². The van der Waals surface area contributed by atoms with E-state index in [-0.39, 0.29) is 18.2 Å². The molecule has 3 aromatic carbocycles. The lowest BCUT2D eigenvalue weighted by Crippen LogP contribution is -2.70. The number of methoxy groups -OCH3 is 1. The Kier molecular flexibility index (Phi) is 6.28. The summed E-state index contributed by atoms with van der Waals surface area (Å²) in [7, 11) is -1.26. The Balaban J connectivity index is 1.51. The van der Waals surface area contributed by atoms with Gasteiger partial charge in [-0.2, -0.15) is 0 Å². The number of carbonyl (C=O) groups excluding carboxylic acids is 1. The summed E-state index contributed by atoms with van der Waals surface area (Å²) < 4.78 is 24.1. The number of fused-ring (bicyclic) bond motifs is 1. The minimum absolute atomic E-state index is 0.271. The second-order valence-electron chi connectivity index (χ2n) is 8.30. The van der Waals surface area contributed by atoms with E-state index in [1.54, 1.807) is 7.11 Å². The summed E-state index contributed by atoms with van der Waals surface area (Å²) in [5, 5.41) is 6.27. The van der Waals surface area contributed by atoms with Crippen molar-refractivity contribution >= 4 is 30.0 Å². The first-order chi connectivity index (χ1) is 16.2. The molecule has 2 saturated heterocycles. The van der Waals surface area contributed by atoms with Gasteiger partial charge in [0.05, 0.1) is 12.7 Å². The fourth-order valence-corrected chi connectivity index (χ4v) is 8.72. The molecule has 2 fully saturated rings. The van der Waals surface area contributed by atoms with Crippen LogP contribution in [0.25, 0.3) is 0 Å². The molecule has 1 N–H and O–H groups in total. The van der Waals surface area contributed by atoms with E-state index in [4.69, 9.17) is 18.6 Å². The van der Waals surface area contributed by atoms with Crippen molar-refractivity contribution in [3.63, 3.8) is 0 Å². The van der Waals surface area contributed by atoms with Crippen molar-refractivity contribution in [3.05, 3.63) is 91.0 Å². The summed E-state index contributed by atoms with van der Waals surface area (Å²) in [6.07, 6.45) is -1.03. The Labute approximate surface area is 194 Å². The normalized spacial score (nSPS) is 24.6. The Bertz CT molecular complexity index is 969. The Morgan fingerprint density at radius 1 is 0.879 bits per heavy atom. The largest absolute Gasteiger partial charge is 0.444 e. The van der Waals surface area contributed by atoms with Crippen LogP contribution in [0.2, 0.25) is 0 Å². The van der Waals surface area contributed by atoms with Gasteiger partial charge in [0.1, 0.15) is 12.1 Å². The Hall–Kier alpha value is -2.97. The number of benzene rings is 3. The Morgan fingerprint density at radius 2 is 1.39 bits per heavy atom. The van der Waals surface area contributed by atoms with Gasteiger partial charge < -0.3 is 24.0 Å². The number of nitrogens with one attached hydrogen (secondary N) is 1. The predicted molar refractivity (Wildman–Crippen MR) is 127 cm³/mol. The molecule has 0 spiro atoms. The first kappa shape index (κ1) is 21.9. The molecule has 2 aliphatic heterocycles. The average Bonchev–Trinajstić information content (AvgIpc) is 3.26. The van der Waals surface area contributed by atoms with Crippen LogP contribution in [0.1, 0.15) is 6.42 Å². The first-order valence-electron chi connectivity index (χ1n) is 11.2. The molecule has 0 saturated carbocycles. The topological polar surface area (TPSA) is 66.0 Å². The maximum Gasteiger partial charge on any atom is 0.408 e. The molecular weight excluding hydrogens is 434 g/mol. The lowest BCUT2D eigenvalue weighted by Gasteiger charge is -2.38.